The highest BCUT2D eigenvalue weighted by molar-refractivity contribution is 7.93. The Bertz CT molecular complexity index is 849. The summed E-state index contributed by atoms with van der Waals surface area (Å²) in [5.74, 6) is 1.05. The van der Waals surface area contributed by atoms with Crippen molar-refractivity contribution in [3.63, 3.8) is 0 Å². The van der Waals surface area contributed by atoms with Crippen LogP contribution < -0.4 is 9.62 Å². The van der Waals surface area contributed by atoms with Crippen molar-refractivity contribution in [3.05, 3.63) is 41.6 Å². The average molecular weight is 348 g/mol. The van der Waals surface area contributed by atoms with Gasteiger partial charge in [-0.25, -0.2) is 8.42 Å². The summed E-state index contributed by atoms with van der Waals surface area (Å²) >= 11 is 0. The van der Waals surface area contributed by atoms with Crippen LogP contribution in [0.5, 0.6) is 0 Å². The molecule has 1 saturated heterocycles. The molecule has 2 unspecified atom stereocenters. The maximum atomic E-state index is 13.1. The van der Waals surface area contributed by atoms with Gasteiger partial charge >= 0.3 is 0 Å². The number of hydrogen-bond acceptors (Lipinski definition) is 6. The van der Waals surface area contributed by atoms with Gasteiger partial charge in [0.2, 0.25) is 21.8 Å². The minimum atomic E-state index is -3.41. The van der Waals surface area contributed by atoms with Gasteiger partial charge in [0.25, 0.3) is 0 Å². The number of para-hydroxylation sites is 1. The van der Waals surface area contributed by atoms with Gasteiger partial charge in [0.1, 0.15) is 0 Å². The van der Waals surface area contributed by atoms with Crippen LogP contribution in [0.15, 0.2) is 28.7 Å². The van der Waals surface area contributed by atoms with E-state index >= 15 is 0 Å². The first-order valence-corrected chi connectivity index (χ1v) is 9.75. The van der Waals surface area contributed by atoms with Crippen molar-refractivity contribution < 1.29 is 12.8 Å². The van der Waals surface area contributed by atoms with Gasteiger partial charge in [-0.1, -0.05) is 25.1 Å². The van der Waals surface area contributed by atoms with Crippen molar-refractivity contribution in [1.82, 2.24) is 15.5 Å². The van der Waals surface area contributed by atoms with Crippen LogP contribution in [0.25, 0.3) is 0 Å². The SMILES string of the molecule is CCc1nnc(C2CC(S(=O)(=O)N3CCc4ccccc43)CN2)o1. The summed E-state index contributed by atoms with van der Waals surface area (Å²) in [6.07, 6.45) is 1.89. The fourth-order valence-electron chi connectivity index (χ4n) is 3.42. The highest BCUT2D eigenvalue weighted by atomic mass is 32.2. The Labute approximate surface area is 141 Å². The Kier molecular flexibility index (Phi) is 3.80. The number of fused-ring (bicyclic) bond motifs is 1. The topological polar surface area (TPSA) is 88.3 Å². The molecule has 2 atom stereocenters. The van der Waals surface area contributed by atoms with Crippen LogP contribution >= 0.6 is 0 Å². The summed E-state index contributed by atoms with van der Waals surface area (Å²) in [5.41, 5.74) is 1.90. The number of sulfonamides is 1. The van der Waals surface area contributed by atoms with Crippen molar-refractivity contribution in [3.8, 4) is 0 Å². The first-order valence-electron chi connectivity index (χ1n) is 8.24. The fraction of sp³-hybridized carbons (Fsp3) is 0.500. The van der Waals surface area contributed by atoms with Crippen LogP contribution in [0.4, 0.5) is 5.69 Å². The molecule has 0 spiro atoms. The third-order valence-corrected chi connectivity index (χ3v) is 6.94. The Morgan fingerprint density at radius 3 is 2.96 bits per heavy atom. The van der Waals surface area contributed by atoms with E-state index in [0.29, 0.717) is 37.7 Å². The molecule has 24 heavy (non-hydrogen) atoms. The van der Waals surface area contributed by atoms with Crippen molar-refractivity contribution in [2.24, 2.45) is 0 Å². The predicted octanol–water partition coefficient (Wildman–Crippen LogP) is 1.43. The van der Waals surface area contributed by atoms with Crippen molar-refractivity contribution >= 4 is 15.7 Å². The van der Waals surface area contributed by atoms with Crippen LogP contribution in [0.1, 0.15) is 36.7 Å². The number of aromatic nitrogens is 2. The predicted molar refractivity (Wildman–Crippen MR) is 89.2 cm³/mol. The van der Waals surface area contributed by atoms with Gasteiger partial charge in [0.05, 0.1) is 17.0 Å². The third-order valence-electron chi connectivity index (χ3n) is 4.75. The molecule has 4 rings (SSSR count). The van der Waals surface area contributed by atoms with Crippen LogP contribution in [-0.4, -0.2) is 37.0 Å². The molecule has 2 aliphatic rings. The minimum Gasteiger partial charge on any atom is -0.424 e. The maximum Gasteiger partial charge on any atom is 0.239 e. The summed E-state index contributed by atoms with van der Waals surface area (Å²) in [4.78, 5) is 0. The zero-order chi connectivity index (χ0) is 16.7. The van der Waals surface area contributed by atoms with Gasteiger partial charge in [0, 0.05) is 19.5 Å². The number of hydrogen-bond donors (Lipinski definition) is 1. The van der Waals surface area contributed by atoms with E-state index in [9.17, 15) is 8.42 Å². The van der Waals surface area contributed by atoms with Gasteiger partial charge in [-0.05, 0) is 24.5 Å². The molecule has 3 heterocycles. The Morgan fingerprint density at radius 1 is 1.33 bits per heavy atom. The molecular weight excluding hydrogens is 328 g/mol. The lowest BCUT2D eigenvalue weighted by molar-refractivity contribution is 0.405. The van der Waals surface area contributed by atoms with Crippen LogP contribution in [0, 0.1) is 0 Å². The molecule has 0 saturated carbocycles. The Morgan fingerprint density at radius 2 is 2.17 bits per heavy atom. The molecular formula is C16H20N4O3S. The van der Waals surface area contributed by atoms with E-state index in [1.807, 2.05) is 31.2 Å². The number of rotatable bonds is 4. The number of aryl methyl sites for hydroxylation is 1. The van der Waals surface area contributed by atoms with Gasteiger partial charge in [-0.15, -0.1) is 10.2 Å². The fourth-order valence-corrected chi connectivity index (χ4v) is 5.32. The normalized spacial score (nSPS) is 23.6. The van der Waals surface area contributed by atoms with Crippen molar-refractivity contribution in [1.29, 1.82) is 0 Å². The second-order valence-corrected chi connectivity index (χ2v) is 8.34. The summed E-state index contributed by atoms with van der Waals surface area (Å²) in [6, 6.07) is 7.50. The van der Waals surface area contributed by atoms with Crippen LogP contribution in [-0.2, 0) is 22.9 Å². The molecule has 1 aromatic carbocycles. The summed E-state index contributed by atoms with van der Waals surface area (Å²) < 4.78 is 33.2. The van der Waals surface area contributed by atoms with Crippen molar-refractivity contribution in [2.75, 3.05) is 17.4 Å². The highest BCUT2D eigenvalue weighted by Crippen LogP contribution is 2.35. The van der Waals surface area contributed by atoms with E-state index in [1.54, 1.807) is 4.31 Å². The number of nitrogens with zero attached hydrogens (tertiary/aromatic N) is 3. The molecule has 0 aliphatic carbocycles. The second-order valence-electron chi connectivity index (χ2n) is 6.20. The minimum absolute atomic E-state index is 0.199. The quantitative estimate of drug-likeness (QED) is 0.899. The summed E-state index contributed by atoms with van der Waals surface area (Å²) in [7, 11) is -3.41. The lowest BCUT2D eigenvalue weighted by Crippen LogP contribution is -2.38. The molecule has 128 valence electrons. The Balaban J connectivity index is 1.54. The molecule has 1 fully saturated rings. The van der Waals surface area contributed by atoms with Gasteiger partial charge in [0.15, 0.2) is 0 Å². The average Bonchev–Trinajstić information content (AvgIpc) is 3.32. The van der Waals surface area contributed by atoms with E-state index in [4.69, 9.17) is 4.42 Å². The van der Waals surface area contributed by atoms with E-state index in [0.717, 1.165) is 17.7 Å². The molecule has 0 amide bonds. The molecule has 1 aromatic heterocycles. The first-order chi connectivity index (χ1) is 11.6. The monoisotopic (exact) mass is 348 g/mol. The molecule has 0 bridgehead atoms. The largest absolute Gasteiger partial charge is 0.424 e. The maximum absolute atomic E-state index is 13.1. The molecule has 8 heteroatoms. The number of anilines is 1. The van der Waals surface area contributed by atoms with E-state index < -0.39 is 15.3 Å². The number of nitrogens with one attached hydrogen (secondary N) is 1. The lowest BCUT2D eigenvalue weighted by atomic mass is 10.2. The second kappa shape index (κ2) is 5.86. The highest BCUT2D eigenvalue weighted by Gasteiger charge is 2.41. The number of benzene rings is 1. The third kappa shape index (κ3) is 2.50. The molecule has 7 nitrogen and oxygen atoms in total. The van der Waals surface area contributed by atoms with E-state index in [-0.39, 0.29) is 6.04 Å². The van der Waals surface area contributed by atoms with Crippen molar-refractivity contribution in [2.45, 2.75) is 37.5 Å². The molecule has 0 radical (unpaired) electrons. The molecule has 1 N–H and O–H groups in total. The molecule has 2 aromatic rings. The first kappa shape index (κ1) is 15.6. The summed E-state index contributed by atoms with van der Waals surface area (Å²) in [6.45, 7) is 2.86. The zero-order valence-electron chi connectivity index (χ0n) is 13.5. The van der Waals surface area contributed by atoms with Crippen LogP contribution in [0.2, 0.25) is 0 Å². The Hall–Kier alpha value is -1.93. The summed E-state index contributed by atoms with van der Waals surface area (Å²) in [5, 5.41) is 10.7. The smallest absolute Gasteiger partial charge is 0.239 e. The molecule has 2 aliphatic heterocycles. The van der Waals surface area contributed by atoms with Gasteiger partial charge < -0.3 is 9.73 Å². The lowest BCUT2D eigenvalue weighted by Gasteiger charge is -2.23. The van der Waals surface area contributed by atoms with Gasteiger partial charge in [-0.3, -0.25) is 4.31 Å². The standard InChI is InChI=1S/C16H20N4O3S/c1-2-15-18-19-16(23-15)13-9-12(10-17-13)24(21,22)20-8-7-11-5-3-4-6-14(11)20/h3-6,12-13,17H,2,7-10H2,1H3. The van der Waals surface area contributed by atoms with E-state index in [2.05, 4.69) is 15.5 Å². The van der Waals surface area contributed by atoms with Crippen LogP contribution in [0.3, 0.4) is 0 Å². The van der Waals surface area contributed by atoms with E-state index in [1.165, 1.54) is 0 Å². The zero-order valence-corrected chi connectivity index (χ0v) is 14.3. The van der Waals surface area contributed by atoms with Gasteiger partial charge in [-0.2, -0.15) is 0 Å².